The van der Waals surface area contributed by atoms with Crippen molar-refractivity contribution < 1.29 is 8.42 Å². The molecule has 0 saturated heterocycles. The molecule has 0 aromatic carbocycles. The van der Waals surface area contributed by atoms with Crippen LogP contribution in [0.15, 0.2) is 10.3 Å². The zero-order chi connectivity index (χ0) is 13.8. The third kappa shape index (κ3) is 4.35. The number of rotatable bonds is 7. The van der Waals surface area contributed by atoms with E-state index >= 15 is 0 Å². The van der Waals surface area contributed by atoms with Crippen molar-refractivity contribution in [2.75, 3.05) is 13.1 Å². The number of hydrogen-bond acceptors (Lipinski definition) is 4. The zero-order valence-corrected chi connectivity index (χ0v) is 13.0. The number of hydrogen-bond donors (Lipinski definition) is 2. The van der Waals surface area contributed by atoms with Crippen molar-refractivity contribution in [3.63, 3.8) is 0 Å². The summed E-state index contributed by atoms with van der Waals surface area (Å²) in [5.74, 6) is 0.307. The Morgan fingerprint density at radius 3 is 2.61 bits per heavy atom. The number of nitrogens with one attached hydrogen (secondary N) is 2. The first-order chi connectivity index (χ1) is 8.36. The van der Waals surface area contributed by atoms with E-state index in [-0.39, 0.29) is 0 Å². The average molecular weight is 290 g/mol. The van der Waals surface area contributed by atoms with Crippen LogP contribution in [-0.4, -0.2) is 21.5 Å². The molecule has 4 nitrogen and oxygen atoms in total. The van der Waals surface area contributed by atoms with Crippen molar-refractivity contribution in [1.29, 1.82) is 0 Å². The zero-order valence-electron chi connectivity index (χ0n) is 11.4. The van der Waals surface area contributed by atoms with Crippen molar-refractivity contribution in [3.8, 4) is 0 Å². The van der Waals surface area contributed by atoms with E-state index in [1.54, 1.807) is 6.07 Å². The van der Waals surface area contributed by atoms with Crippen LogP contribution >= 0.6 is 11.3 Å². The summed E-state index contributed by atoms with van der Waals surface area (Å²) in [6.45, 7) is 10.0. The molecule has 18 heavy (non-hydrogen) atoms. The van der Waals surface area contributed by atoms with Gasteiger partial charge in [0, 0.05) is 18.0 Å². The van der Waals surface area contributed by atoms with Gasteiger partial charge in [0.2, 0.25) is 10.0 Å². The molecule has 0 amide bonds. The minimum atomic E-state index is -3.34. The van der Waals surface area contributed by atoms with Gasteiger partial charge in [-0.15, -0.1) is 11.3 Å². The lowest BCUT2D eigenvalue weighted by Crippen LogP contribution is -2.26. The Labute approximate surface area is 114 Å². The van der Waals surface area contributed by atoms with Gasteiger partial charge in [-0.05, 0) is 31.0 Å². The van der Waals surface area contributed by atoms with Gasteiger partial charge in [-0.2, -0.15) is 0 Å². The summed E-state index contributed by atoms with van der Waals surface area (Å²) < 4.78 is 27.2. The van der Waals surface area contributed by atoms with Crippen molar-refractivity contribution in [2.45, 2.75) is 38.4 Å². The summed E-state index contributed by atoms with van der Waals surface area (Å²) >= 11 is 1.35. The molecule has 0 bridgehead atoms. The van der Waals surface area contributed by atoms with Crippen LogP contribution in [0, 0.1) is 12.8 Å². The molecule has 104 valence electrons. The Bertz CT molecular complexity index is 478. The Balaban J connectivity index is 2.83. The van der Waals surface area contributed by atoms with E-state index < -0.39 is 10.0 Å². The number of sulfonamides is 1. The standard InChI is InChI=1S/C12H22N2O2S2/c1-5-13-8-11-10(4)6-12(17-11)18(15,16)14-7-9(2)3/h6,9,13-14H,5,7-8H2,1-4H3. The summed E-state index contributed by atoms with van der Waals surface area (Å²) in [5, 5.41) is 3.22. The molecule has 6 heteroatoms. The van der Waals surface area contributed by atoms with E-state index in [4.69, 9.17) is 0 Å². The highest BCUT2D eigenvalue weighted by Gasteiger charge is 2.18. The first-order valence-corrected chi connectivity index (χ1v) is 8.46. The average Bonchev–Trinajstić information content (AvgIpc) is 2.66. The predicted octanol–water partition coefficient (Wildman–Crippen LogP) is 2.10. The van der Waals surface area contributed by atoms with Crippen LogP contribution in [-0.2, 0) is 16.6 Å². The lowest BCUT2D eigenvalue weighted by Gasteiger charge is -2.06. The molecule has 0 fully saturated rings. The Hall–Kier alpha value is -0.430. The van der Waals surface area contributed by atoms with Crippen LogP contribution in [0.1, 0.15) is 31.2 Å². The van der Waals surface area contributed by atoms with Crippen molar-refractivity contribution in [2.24, 2.45) is 5.92 Å². The quantitative estimate of drug-likeness (QED) is 0.808. The largest absolute Gasteiger partial charge is 0.312 e. The Morgan fingerprint density at radius 1 is 1.39 bits per heavy atom. The van der Waals surface area contributed by atoms with Gasteiger partial charge >= 0.3 is 0 Å². The van der Waals surface area contributed by atoms with Gasteiger partial charge in [-0.25, -0.2) is 13.1 Å². The normalized spacial score (nSPS) is 12.3. The lowest BCUT2D eigenvalue weighted by molar-refractivity contribution is 0.562. The van der Waals surface area contributed by atoms with E-state index in [9.17, 15) is 8.42 Å². The van der Waals surface area contributed by atoms with Gasteiger partial charge in [0.25, 0.3) is 0 Å². The SMILES string of the molecule is CCNCc1sc(S(=O)(=O)NCC(C)C)cc1C. The second-order valence-corrected chi connectivity index (χ2v) is 7.83. The topological polar surface area (TPSA) is 58.2 Å². The fraction of sp³-hybridized carbons (Fsp3) is 0.667. The predicted molar refractivity (Wildman–Crippen MR) is 76.5 cm³/mol. The third-order valence-corrected chi connectivity index (χ3v) is 5.61. The van der Waals surface area contributed by atoms with Crippen LogP contribution in [0.5, 0.6) is 0 Å². The first kappa shape index (κ1) is 15.6. The molecule has 1 aromatic heterocycles. The highest BCUT2D eigenvalue weighted by atomic mass is 32.2. The second-order valence-electron chi connectivity index (χ2n) is 4.70. The Morgan fingerprint density at radius 2 is 2.06 bits per heavy atom. The van der Waals surface area contributed by atoms with Gasteiger partial charge in [-0.3, -0.25) is 0 Å². The molecule has 0 aliphatic heterocycles. The Kier molecular flexibility index (Phi) is 5.78. The molecule has 0 unspecified atom stereocenters. The summed E-state index contributed by atoms with van der Waals surface area (Å²) in [4.78, 5) is 1.08. The van der Waals surface area contributed by atoms with Crippen LogP contribution in [0.25, 0.3) is 0 Å². The lowest BCUT2D eigenvalue weighted by atomic mass is 10.2. The summed E-state index contributed by atoms with van der Waals surface area (Å²) in [6.07, 6.45) is 0. The molecule has 0 spiro atoms. The number of aryl methyl sites for hydroxylation is 1. The molecule has 0 atom stereocenters. The molecule has 1 aromatic rings. The molecule has 0 aliphatic carbocycles. The third-order valence-electron chi connectivity index (χ3n) is 2.48. The molecule has 0 radical (unpaired) electrons. The smallest absolute Gasteiger partial charge is 0.250 e. The molecular formula is C12H22N2O2S2. The highest BCUT2D eigenvalue weighted by Crippen LogP contribution is 2.25. The monoisotopic (exact) mass is 290 g/mol. The summed E-state index contributed by atoms with van der Waals surface area (Å²) in [6, 6.07) is 1.75. The maximum absolute atomic E-state index is 12.1. The van der Waals surface area contributed by atoms with E-state index in [2.05, 4.69) is 10.0 Å². The van der Waals surface area contributed by atoms with E-state index in [1.165, 1.54) is 11.3 Å². The maximum Gasteiger partial charge on any atom is 0.250 e. The minimum absolute atomic E-state index is 0.307. The molecule has 2 N–H and O–H groups in total. The first-order valence-electron chi connectivity index (χ1n) is 6.16. The molecule has 1 rings (SSSR count). The number of thiophene rings is 1. The highest BCUT2D eigenvalue weighted by molar-refractivity contribution is 7.91. The van der Waals surface area contributed by atoms with Crippen LogP contribution in [0.2, 0.25) is 0 Å². The van der Waals surface area contributed by atoms with Gasteiger partial charge in [0.15, 0.2) is 0 Å². The van der Waals surface area contributed by atoms with E-state index in [1.807, 2.05) is 27.7 Å². The second kappa shape index (κ2) is 6.65. The van der Waals surface area contributed by atoms with Gasteiger partial charge in [-0.1, -0.05) is 20.8 Å². The van der Waals surface area contributed by atoms with E-state index in [0.29, 0.717) is 16.7 Å². The van der Waals surface area contributed by atoms with Crippen LogP contribution < -0.4 is 10.0 Å². The van der Waals surface area contributed by atoms with Crippen molar-refractivity contribution >= 4 is 21.4 Å². The molecule has 1 heterocycles. The van der Waals surface area contributed by atoms with Gasteiger partial charge < -0.3 is 5.32 Å². The summed E-state index contributed by atoms with van der Waals surface area (Å²) in [7, 11) is -3.34. The fourth-order valence-electron chi connectivity index (χ4n) is 1.38. The van der Waals surface area contributed by atoms with Crippen LogP contribution in [0.3, 0.4) is 0 Å². The fourth-order valence-corrected chi connectivity index (χ4v) is 4.20. The van der Waals surface area contributed by atoms with Crippen molar-refractivity contribution in [3.05, 3.63) is 16.5 Å². The summed E-state index contributed by atoms with van der Waals surface area (Å²) in [5.41, 5.74) is 1.03. The van der Waals surface area contributed by atoms with E-state index in [0.717, 1.165) is 23.5 Å². The minimum Gasteiger partial charge on any atom is -0.312 e. The van der Waals surface area contributed by atoms with Crippen molar-refractivity contribution in [1.82, 2.24) is 10.0 Å². The molecule has 0 saturated carbocycles. The van der Waals surface area contributed by atoms with Crippen LogP contribution in [0.4, 0.5) is 0 Å². The van der Waals surface area contributed by atoms with Gasteiger partial charge in [0.1, 0.15) is 4.21 Å². The maximum atomic E-state index is 12.1. The molecular weight excluding hydrogens is 268 g/mol. The van der Waals surface area contributed by atoms with Gasteiger partial charge in [0.05, 0.1) is 0 Å². The molecule has 0 aliphatic rings.